The minimum Gasteiger partial charge on any atom is -0.482 e. The van der Waals surface area contributed by atoms with Crippen molar-refractivity contribution in [1.82, 2.24) is 0 Å². The summed E-state index contributed by atoms with van der Waals surface area (Å²) >= 11 is 0. The van der Waals surface area contributed by atoms with Crippen LogP contribution in [0.4, 0.5) is 13.2 Å². The van der Waals surface area contributed by atoms with Crippen molar-refractivity contribution in [2.75, 3.05) is 6.61 Å². The van der Waals surface area contributed by atoms with Gasteiger partial charge in [-0.3, -0.25) is 0 Å². The highest BCUT2D eigenvalue weighted by atomic mass is 19.4. The van der Waals surface area contributed by atoms with Crippen molar-refractivity contribution >= 4 is 5.97 Å². The highest BCUT2D eigenvalue weighted by Crippen LogP contribution is 2.36. The Kier molecular flexibility index (Phi) is 4.80. The first-order valence-corrected chi connectivity index (χ1v) is 5.81. The first kappa shape index (κ1) is 15.3. The predicted octanol–water partition coefficient (Wildman–Crippen LogP) is 3.68. The summed E-state index contributed by atoms with van der Waals surface area (Å²) in [5, 5.41) is 8.54. The van der Waals surface area contributed by atoms with Crippen molar-refractivity contribution in [2.24, 2.45) is 0 Å². The number of hydrogen-bond donors (Lipinski definition) is 1. The molecule has 3 nitrogen and oxygen atoms in total. The lowest BCUT2D eigenvalue weighted by atomic mass is 9.96. The maximum atomic E-state index is 12.6. The summed E-state index contributed by atoms with van der Waals surface area (Å²) in [7, 11) is 0. The number of alkyl halides is 3. The molecule has 1 N–H and O–H groups in total. The summed E-state index contributed by atoms with van der Waals surface area (Å²) < 4.78 is 42.8. The quantitative estimate of drug-likeness (QED) is 0.892. The smallest absolute Gasteiger partial charge is 0.416 e. The zero-order valence-corrected chi connectivity index (χ0v) is 10.6. The van der Waals surface area contributed by atoms with Crippen LogP contribution in [0, 0.1) is 0 Å². The summed E-state index contributed by atoms with van der Waals surface area (Å²) in [4.78, 5) is 10.5. The van der Waals surface area contributed by atoms with Crippen LogP contribution >= 0.6 is 0 Å². The van der Waals surface area contributed by atoms with Gasteiger partial charge < -0.3 is 9.84 Å². The number of halogens is 3. The fourth-order valence-electron chi connectivity index (χ4n) is 1.60. The van der Waals surface area contributed by atoms with Crippen molar-refractivity contribution in [3.63, 3.8) is 0 Å². The molecule has 0 saturated heterocycles. The third kappa shape index (κ3) is 4.15. The number of carboxylic acid groups (broad SMARTS) is 1. The largest absolute Gasteiger partial charge is 0.482 e. The molecule has 19 heavy (non-hydrogen) atoms. The Balaban J connectivity index is 3.14. The monoisotopic (exact) mass is 276 g/mol. The van der Waals surface area contributed by atoms with E-state index in [1.165, 1.54) is 6.07 Å². The van der Waals surface area contributed by atoms with E-state index in [0.29, 0.717) is 5.56 Å². The van der Waals surface area contributed by atoms with Gasteiger partial charge in [0.05, 0.1) is 5.56 Å². The normalized spacial score (nSPS) is 13.1. The second-order valence-corrected chi connectivity index (χ2v) is 4.24. The second-order valence-electron chi connectivity index (χ2n) is 4.24. The lowest BCUT2D eigenvalue weighted by Crippen LogP contribution is -2.13. The molecule has 0 aromatic heterocycles. The lowest BCUT2D eigenvalue weighted by molar-refractivity contribution is -0.139. The van der Waals surface area contributed by atoms with Crippen LogP contribution in [-0.4, -0.2) is 17.7 Å². The van der Waals surface area contributed by atoms with Crippen LogP contribution in [0.2, 0.25) is 0 Å². The molecule has 0 aliphatic carbocycles. The molecule has 0 heterocycles. The van der Waals surface area contributed by atoms with Crippen LogP contribution in [0.1, 0.15) is 37.3 Å². The van der Waals surface area contributed by atoms with E-state index < -0.39 is 24.3 Å². The second kappa shape index (κ2) is 5.95. The summed E-state index contributed by atoms with van der Waals surface area (Å²) in [5.41, 5.74) is -0.267. The number of aliphatic carboxylic acids is 1. The first-order chi connectivity index (χ1) is 8.75. The molecule has 6 heteroatoms. The van der Waals surface area contributed by atoms with Crippen LogP contribution in [0.3, 0.4) is 0 Å². The van der Waals surface area contributed by atoms with Crippen LogP contribution in [-0.2, 0) is 11.0 Å². The Bertz CT molecular complexity index is 455. The van der Waals surface area contributed by atoms with Gasteiger partial charge in [-0.25, -0.2) is 4.79 Å². The Hall–Kier alpha value is -1.72. The van der Waals surface area contributed by atoms with E-state index in [4.69, 9.17) is 9.84 Å². The van der Waals surface area contributed by atoms with Crippen molar-refractivity contribution in [3.8, 4) is 5.75 Å². The van der Waals surface area contributed by atoms with Gasteiger partial charge in [0.1, 0.15) is 5.75 Å². The molecule has 1 rings (SSSR count). The maximum Gasteiger partial charge on any atom is 0.416 e. The molecule has 1 aromatic rings. The van der Waals surface area contributed by atoms with Gasteiger partial charge in [-0.15, -0.1) is 0 Å². The summed E-state index contributed by atoms with van der Waals surface area (Å²) in [6.45, 7) is 3.07. The number of carbonyl (C=O) groups is 1. The van der Waals surface area contributed by atoms with E-state index in [-0.39, 0.29) is 11.7 Å². The average Bonchev–Trinajstić information content (AvgIpc) is 2.33. The van der Waals surface area contributed by atoms with Crippen molar-refractivity contribution in [1.29, 1.82) is 0 Å². The predicted molar refractivity (Wildman–Crippen MR) is 63.3 cm³/mol. The Morgan fingerprint density at radius 3 is 2.53 bits per heavy atom. The van der Waals surface area contributed by atoms with Gasteiger partial charge in [-0.2, -0.15) is 13.2 Å². The standard InChI is InChI=1S/C13H15F3O3/c1-3-8(2)10-5-4-9(13(14,15)16)6-11(10)19-7-12(17)18/h4-6,8H,3,7H2,1-2H3,(H,17,18). The molecule has 0 fully saturated rings. The highest BCUT2D eigenvalue weighted by Gasteiger charge is 2.31. The summed E-state index contributed by atoms with van der Waals surface area (Å²) in [6.07, 6.45) is -3.76. The van der Waals surface area contributed by atoms with Gasteiger partial charge in [-0.1, -0.05) is 19.9 Å². The molecule has 0 amide bonds. The molecule has 106 valence electrons. The summed E-state index contributed by atoms with van der Waals surface area (Å²) in [6, 6.07) is 3.17. The zero-order chi connectivity index (χ0) is 14.6. The van der Waals surface area contributed by atoms with E-state index in [1.807, 2.05) is 13.8 Å². The van der Waals surface area contributed by atoms with Crippen LogP contribution < -0.4 is 4.74 Å². The fraction of sp³-hybridized carbons (Fsp3) is 0.462. The van der Waals surface area contributed by atoms with Crippen molar-refractivity contribution in [3.05, 3.63) is 29.3 Å². The van der Waals surface area contributed by atoms with E-state index in [9.17, 15) is 18.0 Å². The van der Waals surface area contributed by atoms with Gasteiger partial charge in [-0.05, 0) is 30.0 Å². The van der Waals surface area contributed by atoms with E-state index in [0.717, 1.165) is 18.6 Å². The Morgan fingerprint density at radius 2 is 2.05 bits per heavy atom. The molecule has 0 radical (unpaired) electrons. The topological polar surface area (TPSA) is 46.5 Å². The van der Waals surface area contributed by atoms with E-state index in [1.54, 1.807) is 0 Å². The van der Waals surface area contributed by atoms with Crippen LogP contribution in [0.5, 0.6) is 5.75 Å². The SMILES string of the molecule is CCC(C)c1ccc(C(F)(F)F)cc1OCC(=O)O. The molecule has 0 bridgehead atoms. The minimum atomic E-state index is -4.48. The molecule has 1 aromatic carbocycles. The minimum absolute atomic E-state index is 0.00826. The molecule has 0 saturated carbocycles. The van der Waals surface area contributed by atoms with Crippen LogP contribution in [0.25, 0.3) is 0 Å². The molecule has 0 aliphatic heterocycles. The van der Waals surface area contributed by atoms with Crippen molar-refractivity contribution < 1.29 is 27.8 Å². The van der Waals surface area contributed by atoms with Crippen LogP contribution in [0.15, 0.2) is 18.2 Å². The van der Waals surface area contributed by atoms with Gasteiger partial charge in [0, 0.05) is 0 Å². The Morgan fingerprint density at radius 1 is 1.42 bits per heavy atom. The fourth-order valence-corrected chi connectivity index (χ4v) is 1.60. The lowest BCUT2D eigenvalue weighted by Gasteiger charge is -2.17. The van der Waals surface area contributed by atoms with E-state index >= 15 is 0 Å². The molecule has 0 spiro atoms. The molecular formula is C13H15F3O3. The molecule has 1 unspecified atom stereocenters. The number of benzene rings is 1. The zero-order valence-electron chi connectivity index (χ0n) is 10.6. The highest BCUT2D eigenvalue weighted by molar-refractivity contribution is 5.68. The maximum absolute atomic E-state index is 12.6. The van der Waals surface area contributed by atoms with Crippen molar-refractivity contribution in [2.45, 2.75) is 32.4 Å². The van der Waals surface area contributed by atoms with Gasteiger partial charge in [0.15, 0.2) is 6.61 Å². The van der Waals surface area contributed by atoms with Gasteiger partial charge >= 0.3 is 12.1 Å². The number of carboxylic acids is 1. The molecular weight excluding hydrogens is 261 g/mol. The van der Waals surface area contributed by atoms with E-state index in [2.05, 4.69) is 0 Å². The number of ether oxygens (including phenoxy) is 1. The molecule has 0 aliphatic rings. The first-order valence-electron chi connectivity index (χ1n) is 5.81. The van der Waals surface area contributed by atoms with Gasteiger partial charge in [0.2, 0.25) is 0 Å². The number of hydrogen-bond acceptors (Lipinski definition) is 2. The Labute approximate surface area is 109 Å². The third-order valence-corrected chi connectivity index (χ3v) is 2.84. The summed E-state index contributed by atoms with van der Waals surface area (Å²) in [5.74, 6) is -1.26. The third-order valence-electron chi connectivity index (χ3n) is 2.84. The van der Waals surface area contributed by atoms with Gasteiger partial charge in [0.25, 0.3) is 0 Å². The molecule has 1 atom stereocenters. The number of rotatable bonds is 5. The average molecular weight is 276 g/mol.